The van der Waals surface area contributed by atoms with E-state index in [2.05, 4.69) is 10.6 Å². The molecule has 0 aliphatic carbocycles. The summed E-state index contributed by atoms with van der Waals surface area (Å²) in [5.41, 5.74) is 0.738. The summed E-state index contributed by atoms with van der Waals surface area (Å²) in [5, 5.41) is 16.0. The van der Waals surface area contributed by atoms with Gasteiger partial charge in [-0.2, -0.15) is 0 Å². The number of non-ortho nitro benzene ring substituents is 1. The second-order valence-electron chi connectivity index (χ2n) is 4.45. The lowest BCUT2D eigenvalue weighted by molar-refractivity contribution is -0.384. The van der Waals surface area contributed by atoms with E-state index in [1.54, 1.807) is 24.3 Å². The minimum atomic E-state index is -0.539. The molecule has 2 aromatic carbocycles. The SMILES string of the molecule is COc1cccc(NC(=O)Nc2ccc([N+](=O)[O-])cc2OC)c1. The molecule has 0 spiro atoms. The number of carbonyl (C=O) groups excluding carboxylic acids is 1. The number of carbonyl (C=O) groups is 1. The first kappa shape index (κ1) is 16.1. The molecule has 0 aromatic heterocycles. The van der Waals surface area contributed by atoms with Gasteiger partial charge in [-0.25, -0.2) is 4.79 Å². The van der Waals surface area contributed by atoms with Crippen LogP contribution >= 0.6 is 0 Å². The maximum absolute atomic E-state index is 12.0. The Kier molecular flexibility index (Phi) is 4.98. The maximum atomic E-state index is 12.0. The van der Waals surface area contributed by atoms with Crippen LogP contribution < -0.4 is 20.1 Å². The summed E-state index contributed by atoms with van der Waals surface area (Å²) in [4.78, 5) is 22.2. The molecular formula is C15H15N3O5. The van der Waals surface area contributed by atoms with Gasteiger partial charge in [0.05, 0.1) is 30.9 Å². The molecule has 23 heavy (non-hydrogen) atoms. The van der Waals surface area contributed by atoms with E-state index in [0.29, 0.717) is 17.1 Å². The quantitative estimate of drug-likeness (QED) is 0.651. The first-order chi connectivity index (χ1) is 11.0. The van der Waals surface area contributed by atoms with Crippen LogP contribution in [0, 0.1) is 10.1 Å². The largest absolute Gasteiger partial charge is 0.497 e. The number of nitro benzene ring substituents is 1. The second kappa shape index (κ2) is 7.12. The number of nitro groups is 1. The number of rotatable bonds is 5. The van der Waals surface area contributed by atoms with E-state index < -0.39 is 11.0 Å². The Bertz CT molecular complexity index is 733. The fourth-order valence-electron chi connectivity index (χ4n) is 1.88. The first-order valence-corrected chi connectivity index (χ1v) is 6.58. The minimum absolute atomic E-state index is 0.124. The summed E-state index contributed by atoms with van der Waals surface area (Å²) in [6.45, 7) is 0. The molecule has 8 nitrogen and oxygen atoms in total. The van der Waals surface area contributed by atoms with Crippen LogP contribution in [0.5, 0.6) is 11.5 Å². The summed E-state index contributed by atoms with van der Waals surface area (Å²) in [5.74, 6) is 0.802. The fourth-order valence-corrected chi connectivity index (χ4v) is 1.88. The van der Waals surface area contributed by atoms with Gasteiger partial charge < -0.3 is 20.1 Å². The van der Waals surface area contributed by atoms with Gasteiger partial charge in [-0.15, -0.1) is 0 Å². The molecule has 0 saturated heterocycles. The van der Waals surface area contributed by atoms with Crippen molar-refractivity contribution in [1.82, 2.24) is 0 Å². The van der Waals surface area contributed by atoms with Crippen molar-refractivity contribution in [3.8, 4) is 11.5 Å². The molecule has 0 saturated carbocycles. The lowest BCUT2D eigenvalue weighted by atomic mass is 10.2. The summed E-state index contributed by atoms with van der Waals surface area (Å²) >= 11 is 0. The van der Waals surface area contributed by atoms with Gasteiger partial charge in [0.2, 0.25) is 0 Å². The van der Waals surface area contributed by atoms with E-state index in [9.17, 15) is 14.9 Å². The fraction of sp³-hybridized carbons (Fsp3) is 0.133. The Morgan fingerprint density at radius 3 is 2.52 bits per heavy atom. The van der Waals surface area contributed by atoms with Gasteiger partial charge in [0.1, 0.15) is 11.5 Å². The van der Waals surface area contributed by atoms with Crippen LogP contribution in [0.15, 0.2) is 42.5 Å². The Labute approximate surface area is 132 Å². The molecule has 2 aromatic rings. The van der Waals surface area contributed by atoms with Crippen molar-refractivity contribution in [2.45, 2.75) is 0 Å². The standard InChI is InChI=1S/C15H15N3O5/c1-22-12-5-3-4-10(8-12)16-15(19)17-13-7-6-11(18(20)21)9-14(13)23-2/h3-9H,1-2H3,(H2,16,17,19). The highest BCUT2D eigenvalue weighted by Crippen LogP contribution is 2.29. The number of nitrogens with zero attached hydrogens (tertiary/aromatic N) is 1. The lowest BCUT2D eigenvalue weighted by Gasteiger charge is -2.11. The molecule has 0 atom stereocenters. The summed E-state index contributed by atoms with van der Waals surface area (Å²) in [6.07, 6.45) is 0. The van der Waals surface area contributed by atoms with E-state index in [-0.39, 0.29) is 11.4 Å². The van der Waals surface area contributed by atoms with Crippen molar-refractivity contribution in [3.63, 3.8) is 0 Å². The highest BCUT2D eigenvalue weighted by atomic mass is 16.6. The van der Waals surface area contributed by atoms with Crippen LogP contribution in [0.1, 0.15) is 0 Å². The number of benzene rings is 2. The number of hydrogen-bond acceptors (Lipinski definition) is 5. The van der Waals surface area contributed by atoms with Gasteiger partial charge in [0.25, 0.3) is 5.69 Å². The molecule has 2 N–H and O–H groups in total. The number of methoxy groups -OCH3 is 2. The molecular weight excluding hydrogens is 302 g/mol. The number of hydrogen-bond donors (Lipinski definition) is 2. The van der Waals surface area contributed by atoms with Crippen molar-refractivity contribution in [1.29, 1.82) is 0 Å². The number of urea groups is 1. The zero-order valence-electron chi connectivity index (χ0n) is 12.5. The predicted octanol–water partition coefficient (Wildman–Crippen LogP) is 3.26. The van der Waals surface area contributed by atoms with E-state index >= 15 is 0 Å². The van der Waals surface area contributed by atoms with Gasteiger partial charge in [-0.1, -0.05) is 6.07 Å². The van der Waals surface area contributed by atoms with Crippen molar-refractivity contribution in [2.24, 2.45) is 0 Å². The number of anilines is 2. The molecule has 2 rings (SSSR count). The molecule has 0 aliphatic heterocycles. The molecule has 0 bridgehead atoms. The van der Waals surface area contributed by atoms with Gasteiger partial charge in [-0.3, -0.25) is 10.1 Å². The topological polar surface area (TPSA) is 103 Å². The van der Waals surface area contributed by atoms with Crippen molar-refractivity contribution in [2.75, 3.05) is 24.9 Å². The molecule has 0 fully saturated rings. The maximum Gasteiger partial charge on any atom is 0.323 e. The van der Waals surface area contributed by atoms with Crippen LogP contribution in [-0.4, -0.2) is 25.2 Å². The zero-order valence-corrected chi connectivity index (χ0v) is 12.5. The number of ether oxygens (including phenoxy) is 2. The molecule has 2 amide bonds. The molecule has 0 radical (unpaired) electrons. The highest BCUT2D eigenvalue weighted by Gasteiger charge is 2.13. The van der Waals surface area contributed by atoms with E-state index in [0.717, 1.165) is 0 Å². The molecule has 8 heteroatoms. The van der Waals surface area contributed by atoms with Gasteiger partial charge in [0, 0.05) is 17.8 Å². The molecule has 0 heterocycles. The van der Waals surface area contributed by atoms with Gasteiger partial charge >= 0.3 is 6.03 Å². The van der Waals surface area contributed by atoms with E-state index in [1.807, 2.05) is 0 Å². The second-order valence-corrected chi connectivity index (χ2v) is 4.45. The number of amides is 2. The third-order valence-electron chi connectivity index (χ3n) is 2.97. The van der Waals surface area contributed by atoms with Gasteiger partial charge in [0.15, 0.2) is 0 Å². The monoisotopic (exact) mass is 317 g/mol. The Balaban J connectivity index is 2.11. The molecule has 0 aliphatic rings. The summed E-state index contributed by atoms with van der Waals surface area (Å²) in [6, 6.07) is 10.3. The average molecular weight is 317 g/mol. The number of nitrogens with one attached hydrogen (secondary N) is 2. The average Bonchev–Trinajstić information content (AvgIpc) is 2.55. The van der Waals surface area contributed by atoms with Crippen molar-refractivity contribution >= 4 is 23.1 Å². The summed E-state index contributed by atoms with van der Waals surface area (Å²) < 4.78 is 10.1. The summed E-state index contributed by atoms with van der Waals surface area (Å²) in [7, 11) is 2.89. The Morgan fingerprint density at radius 2 is 1.87 bits per heavy atom. The third kappa shape index (κ3) is 4.10. The third-order valence-corrected chi connectivity index (χ3v) is 2.97. The predicted molar refractivity (Wildman–Crippen MR) is 85.3 cm³/mol. The molecule has 120 valence electrons. The zero-order chi connectivity index (χ0) is 16.8. The lowest BCUT2D eigenvalue weighted by Crippen LogP contribution is -2.19. The van der Waals surface area contributed by atoms with Crippen LogP contribution in [0.3, 0.4) is 0 Å². The van der Waals surface area contributed by atoms with Crippen LogP contribution in [0.4, 0.5) is 21.9 Å². The van der Waals surface area contributed by atoms with Crippen LogP contribution in [0.2, 0.25) is 0 Å². The van der Waals surface area contributed by atoms with Crippen LogP contribution in [-0.2, 0) is 0 Å². The van der Waals surface area contributed by atoms with Crippen LogP contribution in [0.25, 0.3) is 0 Å². The first-order valence-electron chi connectivity index (χ1n) is 6.58. The minimum Gasteiger partial charge on any atom is -0.497 e. The highest BCUT2D eigenvalue weighted by molar-refractivity contribution is 6.00. The smallest absolute Gasteiger partial charge is 0.323 e. The van der Waals surface area contributed by atoms with E-state index in [1.165, 1.54) is 32.4 Å². The molecule has 0 unspecified atom stereocenters. The normalized spacial score (nSPS) is 9.83. The van der Waals surface area contributed by atoms with Crippen molar-refractivity contribution < 1.29 is 19.2 Å². The van der Waals surface area contributed by atoms with Gasteiger partial charge in [-0.05, 0) is 18.2 Å². The Morgan fingerprint density at radius 1 is 1.09 bits per heavy atom. The van der Waals surface area contributed by atoms with E-state index in [4.69, 9.17) is 9.47 Å². The van der Waals surface area contributed by atoms with Crippen molar-refractivity contribution in [3.05, 3.63) is 52.6 Å². The Hall–Kier alpha value is -3.29.